The second-order valence-electron chi connectivity index (χ2n) is 2.03. The van der Waals surface area contributed by atoms with E-state index in [1.165, 1.54) is 0 Å². The molecule has 2 nitrogen and oxygen atoms in total. The van der Waals surface area contributed by atoms with Gasteiger partial charge in [-0.05, 0) is 12.1 Å². The van der Waals surface area contributed by atoms with Gasteiger partial charge in [-0.25, -0.2) is 0 Å². The molecule has 1 rings (SSSR count). The lowest BCUT2D eigenvalue weighted by Crippen LogP contribution is -1.86. The van der Waals surface area contributed by atoms with E-state index in [9.17, 15) is 0 Å². The number of halogens is 1. The van der Waals surface area contributed by atoms with E-state index in [0.29, 0.717) is 0 Å². The first-order valence-corrected chi connectivity index (χ1v) is 3.94. The van der Waals surface area contributed by atoms with Gasteiger partial charge in [0.15, 0.2) is 0 Å². The van der Waals surface area contributed by atoms with Crippen LogP contribution in [0.5, 0.6) is 11.5 Å². The molecule has 4 heteroatoms. The summed E-state index contributed by atoms with van der Waals surface area (Å²) in [5.74, 6) is 1.58. The van der Waals surface area contributed by atoms with Crippen molar-refractivity contribution in [1.82, 2.24) is 0 Å². The Kier molecular flexibility index (Phi) is 5.70. The predicted molar refractivity (Wildman–Crippen MR) is 55.8 cm³/mol. The Labute approximate surface area is 96.5 Å². The molecule has 64 valence electrons. The monoisotopic (exact) mass is 242 g/mol. The first-order valence-electron chi connectivity index (χ1n) is 3.15. The minimum Gasteiger partial charge on any atom is -0.497 e. The third-order valence-corrected chi connectivity index (χ3v) is 1.77. The first kappa shape index (κ1) is 12.1. The van der Waals surface area contributed by atoms with Crippen molar-refractivity contribution in [3.05, 3.63) is 22.7 Å². The van der Waals surface area contributed by atoms with E-state index in [2.05, 4.69) is 15.9 Å². The smallest absolute Gasteiger partial charge is 0.316 e. The molecule has 0 atom stereocenters. The average Bonchev–Trinajstić information content (AvgIpc) is 2.03. The summed E-state index contributed by atoms with van der Waals surface area (Å²) in [4.78, 5) is 0. The van der Waals surface area contributed by atoms with E-state index in [1.54, 1.807) is 14.2 Å². The van der Waals surface area contributed by atoms with Crippen molar-refractivity contribution in [3.8, 4) is 11.5 Å². The summed E-state index contributed by atoms with van der Waals surface area (Å²) in [5, 5.41) is 0. The molecule has 0 saturated heterocycles. The lowest BCUT2D eigenvalue weighted by atomic mass is 10.3. The molecule has 0 N–H and O–H groups in total. The van der Waals surface area contributed by atoms with Crippen LogP contribution in [0.15, 0.2) is 22.7 Å². The van der Waals surface area contributed by atoms with Gasteiger partial charge in [0.2, 0.25) is 0 Å². The van der Waals surface area contributed by atoms with Crippen molar-refractivity contribution in [3.63, 3.8) is 0 Å². The third kappa shape index (κ3) is 3.21. The van der Waals surface area contributed by atoms with Crippen LogP contribution in [0.25, 0.3) is 0 Å². The zero-order valence-electron chi connectivity index (χ0n) is 6.43. The molecule has 0 fully saturated rings. The Hall–Kier alpha value is 0.0662. The standard InChI is InChI=1S/C8H9BrO2.Mg.2H/c1-10-7-3-6(9)4-8(5-7)11-2;;;/h3-5H,1-2H3;;;. The SMILES string of the molecule is COc1cc(Br)cc(OC)c1.[MgH2]. The minimum absolute atomic E-state index is 0. The van der Waals surface area contributed by atoms with Crippen molar-refractivity contribution < 1.29 is 9.47 Å². The molecular weight excluding hydrogens is 232 g/mol. The van der Waals surface area contributed by atoms with Crippen LogP contribution in [0.4, 0.5) is 0 Å². The molecule has 1 aromatic rings. The van der Waals surface area contributed by atoms with E-state index in [0.717, 1.165) is 16.0 Å². The van der Waals surface area contributed by atoms with Gasteiger partial charge in [0, 0.05) is 10.5 Å². The average molecular weight is 243 g/mol. The van der Waals surface area contributed by atoms with E-state index in [4.69, 9.17) is 9.47 Å². The fourth-order valence-corrected chi connectivity index (χ4v) is 1.22. The van der Waals surface area contributed by atoms with E-state index in [-0.39, 0.29) is 23.1 Å². The molecule has 0 aliphatic carbocycles. The Bertz CT molecular complexity index is 231. The molecule has 12 heavy (non-hydrogen) atoms. The van der Waals surface area contributed by atoms with Crippen LogP contribution in [0, 0.1) is 0 Å². The lowest BCUT2D eigenvalue weighted by Gasteiger charge is -2.03. The summed E-state index contributed by atoms with van der Waals surface area (Å²) in [7, 11) is 3.25. The molecule has 0 unspecified atom stereocenters. The Morgan fingerprint density at radius 1 is 1.00 bits per heavy atom. The van der Waals surface area contributed by atoms with Gasteiger partial charge < -0.3 is 9.47 Å². The normalized spacial score (nSPS) is 8.58. The third-order valence-electron chi connectivity index (χ3n) is 1.32. The molecule has 0 aromatic heterocycles. The fourth-order valence-electron chi connectivity index (χ4n) is 0.773. The molecule has 0 spiro atoms. The number of ether oxygens (including phenoxy) is 2. The quantitative estimate of drug-likeness (QED) is 0.734. The highest BCUT2D eigenvalue weighted by Crippen LogP contribution is 2.25. The summed E-state index contributed by atoms with van der Waals surface area (Å²) in [5.41, 5.74) is 0. The number of benzene rings is 1. The summed E-state index contributed by atoms with van der Waals surface area (Å²) in [6, 6.07) is 5.58. The molecule has 0 bridgehead atoms. The highest BCUT2D eigenvalue weighted by molar-refractivity contribution is 9.10. The predicted octanol–water partition coefficient (Wildman–Crippen LogP) is 1.55. The van der Waals surface area contributed by atoms with E-state index in [1.807, 2.05) is 18.2 Å². The molecule has 0 saturated carbocycles. The minimum atomic E-state index is 0. The molecule has 0 aliphatic heterocycles. The summed E-state index contributed by atoms with van der Waals surface area (Å²) < 4.78 is 11.0. The maximum absolute atomic E-state index is 5.03. The van der Waals surface area contributed by atoms with Crippen molar-refractivity contribution in [2.24, 2.45) is 0 Å². The number of rotatable bonds is 2. The van der Waals surface area contributed by atoms with Gasteiger partial charge in [-0.1, -0.05) is 15.9 Å². The van der Waals surface area contributed by atoms with Crippen LogP contribution in [0.3, 0.4) is 0 Å². The Balaban J connectivity index is 0.00000121. The van der Waals surface area contributed by atoms with Gasteiger partial charge in [0.05, 0.1) is 14.2 Å². The largest absolute Gasteiger partial charge is 0.497 e. The maximum atomic E-state index is 5.03. The number of hydrogen-bond donors (Lipinski definition) is 0. The van der Waals surface area contributed by atoms with Crippen molar-refractivity contribution in [2.45, 2.75) is 0 Å². The summed E-state index contributed by atoms with van der Waals surface area (Å²) >= 11 is 3.33. The second kappa shape index (κ2) is 5.67. The molecule has 1 aromatic carbocycles. The van der Waals surface area contributed by atoms with Gasteiger partial charge in [0.1, 0.15) is 11.5 Å². The second-order valence-corrected chi connectivity index (χ2v) is 2.95. The van der Waals surface area contributed by atoms with Crippen LogP contribution >= 0.6 is 15.9 Å². The summed E-state index contributed by atoms with van der Waals surface area (Å²) in [6.45, 7) is 0. The maximum Gasteiger partial charge on any atom is 0.316 e. The molecule has 0 heterocycles. The molecule has 0 aliphatic rings. The van der Waals surface area contributed by atoms with Crippen LogP contribution in [0.1, 0.15) is 0 Å². The first-order chi connectivity index (χ1) is 5.26. The van der Waals surface area contributed by atoms with E-state index < -0.39 is 0 Å². The summed E-state index contributed by atoms with van der Waals surface area (Å²) in [6.07, 6.45) is 0. The molecule has 0 amide bonds. The van der Waals surface area contributed by atoms with Crippen LogP contribution in [-0.2, 0) is 0 Å². The lowest BCUT2D eigenvalue weighted by molar-refractivity contribution is 0.394. The van der Waals surface area contributed by atoms with Crippen molar-refractivity contribution >= 4 is 39.0 Å². The van der Waals surface area contributed by atoms with Crippen LogP contribution < -0.4 is 9.47 Å². The van der Waals surface area contributed by atoms with Gasteiger partial charge in [-0.2, -0.15) is 0 Å². The highest BCUT2D eigenvalue weighted by atomic mass is 79.9. The molecule has 0 radical (unpaired) electrons. The van der Waals surface area contributed by atoms with Gasteiger partial charge in [0.25, 0.3) is 0 Å². The van der Waals surface area contributed by atoms with Gasteiger partial charge in [-0.15, -0.1) is 0 Å². The number of methoxy groups -OCH3 is 2. The van der Waals surface area contributed by atoms with Crippen LogP contribution in [-0.4, -0.2) is 37.3 Å². The van der Waals surface area contributed by atoms with Gasteiger partial charge >= 0.3 is 23.1 Å². The van der Waals surface area contributed by atoms with Crippen molar-refractivity contribution in [1.29, 1.82) is 0 Å². The number of hydrogen-bond acceptors (Lipinski definition) is 2. The Morgan fingerprint density at radius 3 is 1.75 bits per heavy atom. The van der Waals surface area contributed by atoms with Gasteiger partial charge in [-0.3, -0.25) is 0 Å². The van der Waals surface area contributed by atoms with Crippen molar-refractivity contribution in [2.75, 3.05) is 14.2 Å². The molecular formula is C8H11BrMgO2. The zero-order valence-corrected chi connectivity index (χ0v) is 8.01. The fraction of sp³-hybridized carbons (Fsp3) is 0.250. The zero-order chi connectivity index (χ0) is 8.27. The Morgan fingerprint density at radius 2 is 1.42 bits per heavy atom. The van der Waals surface area contributed by atoms with Crippen LogP contribution in [0.2, 0.25) is 0 Å². The van der Waals surface area contributed by atoms with E-state index >= 15 is 0 Å². The topological polar surface area (TPSA) is 18.5 Å². The highest BCUT2D eigenvalue weighted by Gasteiger charge is 1.97.